The molecule has 7 nitrogen and oxygen atoms in total. The van der Waals surface area contributed by atoms with Gasteiger partial charge in [-0.2, -0.15) is 0 Å². The van der Waals surface area contributed by atoms with Crippen molar-refractivity contribution in [1.82, 2.24) is 10.9 Å². The van der Waals surface area contributed by atoms with Crippen LogP contribution in [-0.4, -0.2) is 22.8 Å². The molecule has 5 fully saturated rings. The van der Waals surface area contributed by atoms with Gasteiger partial charge in [-0.05, 0) is 56.3 Å². The smallest absolute Gasteiger partial charge is 0.248 e. The van der Waals surface area contributed by atoms with Crippen LogP contribution >= 0.6 is 0 Å². The molecule has 0 unspecified atom stereocenters. The molecule has 0 heterocycles. The number of nitrogens with zero attached hydrogens (tertiary/aromatic N) is 1. The highest BCUT2D eigenvalue weighted by molar-refractivity contribution is 5.88. The van der Waals surface area contributed by atoms with Crippen LogP contribution in [0.1, 0.15) is 44.9 Å². The second-order valence-corrected chi connectivity index (χ2v) is 7.84. The van der Waals surface area contributed by atoms with Crippen molar-refractivity contribution in [3.8, 4) is 0 Å². The highest BCUT2D eigenvalue weighted by atomic mass is 16.6. The van der Waals surface area contributed by atoms with Crippen LogP contribution in [0.3, 0.4) is 0 Å². The Labute approximate surface area is 128 Å². The van der Waals surface area contributed by atoms with Gasteiger partial charge in [0.1, 0.15) is 5.92 Å². The van der Waals surface area contributed by atoms with E-state index in [4.69, 9.17) is 0 Å². The molecule has 5 rings (SSSR count). The van der Waals surface area contributed by atoms with Gasteiger partial charge in [0.15, 0.2) is 0 Å². The van der Waals surface area contributed by atoms with Crippen molar-refractivity contribution in [3.05, 3.63) is 10.1 Å². The fourth-order valence-electron chi connectivity index (χ4n) is 5.43. The fraction of sp³-hybridized carbons (Fsp3) is 0.867. The van der Waals surface area contributed by atoms with Crippen molar-refractivity contribution in [2.24, 2.45) is 29.1 Å². The SMILES string of the molecule is O=C(NNC(=O)C12CC3CC(CC(C3)C1)C2)[C@H]1C[C@H]1[N+](=O)[O-]. The minimum atomic E-state index is -0.781. The summed E-state index contributed by atoms with van der Waals surface area (Å²) in [6.07, 6.45) is 6.83. The Balaban J connectivity index is 1.35. The highest BCUT2D eigenvalue weighted by Crippen LogP contribution is 2.60. The third kappa shape index (κ3) is 2.18. The number of carbonyl (C=O) groups is 2. The Kier molecular flexibility index (Phi) is 2.96. The first-order valence-corrected chi connectivity index (χ1v) is 8.20. The van der Waals surface area contributed by atoms with E-state index in [1.54, 1.807) is 0 Å². The Hall–Kier alpha value is -1.66. The normalized spacial score (nSPS) is 44.5. The molecule has 5 aliphatic carbocycles. The molecule has 0 saturated heterocycles. The number of hydrazine groups is 1. The molecule has 0 aromatic heterocycles. The lowest BCUT2D eigenvalue weighted by molar-refractivity contribution is -0.497. The van der Waals surface area contributed by atoms with E-state index in [-0.39, 0.29) is 17.7 Å². The zero-order chi connectivity index (χ0) is 15.5. The second kappa shape index (κ2) is 4.67. The van der Waals surface area contributed by atoms with E-state index in [9.17, 15) is 19.7 Å². The molecular formula is C15H21N3O4. The van der Waals surface area contributed by atoms with Crippen molar-refractivity contribution in [2.75, 3.05) is 0 Å². The first-order chi connectivity index (χ1) is 10.5. The topological polar surface area (TPSA) is 101 Å². The molecule has 0 spiro atoms. The molecule has 2 N–H and O–H groups in total. The van der Waals surface area contributed by atoms with E-state index in [1.165, 1.54) is 19.3 Å². The number of hydrogen-bond donors (Lipinski definition) is 2. The van der Waals surface area contributed by atoms with Crippen molar-refractivity contribution < 1.29 is 14.5 Å². The number of rotatable bonds is 3. The first kappa shape index (κ1) is 14.0. The summed E-state index contributed by atoms with van der Waals surface area (Å²) in [4.78, 5) is 34.6. The van der Waals surface area contributed by atoms with Crippen LogP contribution < -0.4 is 10.9 Å². The Bertz CT molecular complexity index is 512. The zero-order valence-corrected chi connectivity index (χ0v) is 12.4. The van der Waals surface area contributed by atoms with E-state index in [0.29, 0.717) is 17.8 Å². The predicted molar refractivity (Wildman–Crippen MR) is 75.8 cm³/mol. The van der Waals surface area contributed by atoms with Gasteiger partial charge < -0.3 is 0 Å². The van der Waals surface area contributed by atoms with Gasteiger partial charge in [0.05, 0.1) is 5.41 Å². The molecule has 120 valence electrons. The van der Waals surface area contributed by atoms with E-state index < -0.39 is 22.8 Å². The van der Waals surface area contributed by atoms with Gasteiger partial charge in [-0.1, -0.05) is 0 Å². The molecule has 0 aromatic rings. The van der Waals surface area contributed by atoms with E-state index in [2.05, 4.69) is 10.9 Å². The molecule has 2 amide bonds. The Morgan fingerprint density at radius 1 is 0.955 bits per heavy atom. The number of carbonyl (C=O) groups excluding carboxylic acids is 2. The average Bonchev–Trinajstić information content (AvgIpc) is 3.23. The van der Waals surface area contributed by atoms with Gasteiger partial charge in [-0.3, -0.25) is 30.6 Å². The van der Waals surface area contributed by atoms with Crippen molar-refractivity contribution in [3.63, 3.8) is 0 Å². The average molecular weight is 307 g/mol. The maximum Gasteiger partial charge on any atom is 0.248 e. The number of hydrogen-bond acceptors (Lipinski definition) is 4. The summed E-state index contributed by atoms with van der Waals surface area (Å²) in [5, 5.41) is 10.6. The monoisotopic (exact) mass is 307 g/mol. The van der Waals surface area contributed by atoms with Gasteiger partial charge in [-0.15, -0.1) is 0 Å². The lowest BCUT2D eigenvalue weighted by Crippen LogP contribution is -2.57. The van der Waals surface area contributed by atoms with Gasteiger partial charge in [0.25, 0.3) is 0 Å². The fourth-order valence-corrected chi connectivity index (χ4v) is 5.43. The number of nitro groups is 1. The molecule has 5 aliphatic rings. The summed E-state index contributed by atoms with van der Waals surface area (Å²) in [7, 11) is 0. The third-order valence-electron chi connectivity index (χ3n) is 6.18. The summed E-state index contributed by atoms with van der Waals surface area (Å²) in [5.41, 5.74) is 4.66. The zero-order valence-electron chi connectivity index (χ0n) is 12.4. The van der Waals surface area contributed by atoms with Crippen molar-refractivity contribution >= 4 is 11.8 Å². The Morgan fingerprint density at radius 3 is 1.95 bits per heavy atom. The quantitative estimate of drug-likeness (QED) is 0.600. The lowest BCUT2D eigenvalue weighted by atomic mass is 9.49. The molecule has 4 bridgehead atoms. The van der Waals surface area contributed by atoms with Gasteiger partial charge in [0, 0.05) is 11.3 Å². The maximum absolute atomic E-state index is 12.6. The minimum Gasteiger partial charge on any atom is -0.273 e. The molecule has 0 aromatic carbocycles. The van der Waals surface area contributed by atoms with Gasteiger partial charge in [0.2, 0.25) is 17.9 Å². The number of amides is 2. The minimum absolute atomic E-state index is 0.0850. The molecular weight excluding hydrogens is 286 g/mol. The van der Waals surface area contributed by atoms with Crippen molar-refractivity contribution in [1.29, 1.82) is 0 Å². The number of nitrogens with one attached hydrogen (secondary N) is 2. The van der Waals surface area contributed by atoms with Crippen LogP contribution in [0.2, 0.25) is 0 Å². The summed E-state index contributed by atoms with van der Waals surface area (Å²) in [5.74, 6) is 0.879. The predicted octanol–water partition coefficient (Wildman–Crippen LogP) is 1.02. The maximum atomic E-state index is 12.6. The summed E-state index contributed by atoms with van der Waals surface area (Å²) in [6, 6.07) is -0.781. The summed E-state index contributed by atoms with van der Waals surface area (Å²) >= 11 is 0. The first-order valence-electron chi connectivity index (χ1n) is 8.20. The summed E-state index contributed by atoms with van der Waals surface area (Å²) < 4.78 is 0. The van der Waals surface area contributed by atoms with Crippen LogP contribution in [0.4, 0.5) is 0 Å². The molecule has 2 atom stereocenters. The van der Waals surface area contributed by atoms with Crippen molar-refractivity contribution in [2.45, 2.75) is 51.0 Å². The third-order valence-corrected chi connectivity index (χ3v) is 6.18. The molecule has 0 radical (unpaired) electrons. The van der Waals surface area contributed by atoms with Gasteiger partial charge in [-0.25, -0.2) is 0 Å². The van der Waals surface area contributed by atoms with Crippen LogP contribution in [0.25, 0.3) is 0 Å². The van der Waals surface area contributed by atoms with Crippen LogP contribution in [-0.2, 0) is 9.59 Å². The van der Waals surface area contributed by atoms with E-state index in [0.717, 1.165) is 19.3 Å². The second-order valence-electron chi connectivity index (χ2n) is 7.84. The highest BCUT2D eigenvalue weighted by Gasteiger charge is 2.56. The van der Waals surface area contributed by atoms with Crippen LogP contribution in [0.15, 0.2) is 0 Å². The summed E-state index contributed by atoms with van der Waals surface area (Å²) in [6.45, 7) is 0. The Morgan fingerprint density at radius 2 is 1.50 bits per heavy atom. The van der Waals surface area contributed by atoms with Gasteiger partial charge >= 0.3 is 0 Å². The molecule has 7 heteroatoms. The van der Waals surface area contributed by atoms with Crippen LogP contribution in [0.5, 0.6) is 0 Å². The van der Waals surface area contributed by atoms with E-state index in [1.807, 2.05) is 0 Å². The van der Waals surface area contributed by atoms with E-state index >= 15 is 0 Å². The molecule has 0 aliphatic heterocycles. The van der Waals surface area contributed by atoms with Crippen LogP contribution in [0, 0.1) is 39.2 Å². The largest absolute Gasteiger partial charge is 0.273 e. The molecule has 22 heavy (non-hydrogen) atoms. The molecule has 5 saturated carbocycles. The standard InChI is InChI=1S/C15H21N3O4/c19-13(11-4-12(11)18(21)22)16-17-14(20)15-5-8-1-9(6-15)3-10(2-8)7-15/h8-12H,1-7H2,(H,16,19)(H,17,20)/t8?,9?,10?,11-,12+,15?/m0/s1. The lowest BCUT2D eigenvalue weighted by Gasteiger charge is -2.55.